The van der Waals surface area contributed by atoms with Gasteiger partial charge in [0.05, 0.1) is 5.39 Å². The molecule has 7 heteroatoms. The predicted molar refractivity (Wildman–Crippen MR) is 91.1 cm³/mol. The van der Waals surface area contributed by atoms with Crippen molar-refractivity contribution >= 4 is 22.9 Å². The van der Waals surface area contributed by atoms with Crippen molar-refractivity contribution in [2.45, 2.75) is 40.7 Å². The van der Waals surface area contributed by atoms with E-state index in [1.54, 1.807) is 13.0 Å². The number of aromatic nitrogens is 2. The van der Waals surface area contributed by atoms with Gasteiger partial charge in [-0.05, 0) is 25.5 Å². The molecule has 2 heterocycles. The van der Waals surface area contributed by atoms with Gasteiger partial charge in [-0.2, -0.15) is 0 Å². The molecule has 0 aromatic carbocycles. The van der Waals surface area contributed by atoms with E-state index in [9.17, 15) is 14.7 Å². The molecule has 2 rings (SSSR count). The monoisotopic (exact) mass is 331 g/mol. The maximum atomic E-state index is 12.6. The Morgan fingerprint density at radius 2 is 2.08 bits per heavy atom. The zero-order chi connectivity index (χ0) is 18.1. The molecule has 24 heavy (non-hydrogen) atoms. The summed E-state index contributed by atoms with van der Waals surface area (Å²) in [6.45, 7) is 7.70. The van der Waals surface area contributed by atoms with Gasteiger partial charge in [0.1, 0.15) is 5.65 Å². The van der Waals surface area contributed by atoms with Gasteiger partial charge in [0.15, 0.2) is 11.5 Å². The van der Waals surface area contributed by atoms with E-state index in [0.717, 1.165) is 0 Å². The third-order valence-electron chi connectivity index (χ3n) is 4.20. The number of carboxylic acid groups (broad SMARTS) is 1. The van der Waals surface area contributed by atoms with Crippen molar-refractivity contribution < 1.29 is 14.6 Å². The van der Waals surface area contributed by atoms with E-state index in [1.807, 2.05) is 20.8 Å². The minimum absolute atomic E-state index is 0.0932. The van der Waals surface area contributed by atoms with E-state index in [2.05, 4.69) is 4.98 Å². The topological polar surface area (TPSA) is 105 Å². The third kappa shape index (κ3) is 2.89. The van der Waals surface area contributed by atoms with Crippen molar-refractivity contribution in [1.82, 2.24) is 9.55 Å². The summed E-state index contributed by atoms with van der Waals surface area (Å²) in [5.74, 6) is -1.62. The van der Waals surface area contributed by atoms with Gasteiger partial charge in [-0.3, -0.25) is 14.8 Å². The smallest absolute Gasteiger partial charge is 0.345 e. The number of hydrogen-bond donors (Lipinski definition) is 2. The summed E-state index contributed by atoms with van der Waals surface area (Å²) in [6.07, 6.45) is 2.16. The highest BCUT2D eigenvalue weighted by molar-refractivity contribution is 5.96. The Morgan fingerprint density at radius 3 is 2.62 bits per heavy atom. The van der Waals surface area contributed by atoms with Crippen LogP contribution in [-0.4, -0.2) is 26.5 Å². The molecule has 0 aliphatic heterocycles. The van der Waals surface area contributed by atoms with Crippen LogP contribution in [0.2, 0.25) is 0 Å². The predicted octanol–water partition coefficient (Wildman–Crippen LogP) is 2.91. The van der Waals surface area contributed by atoms with Gasteiger partial charge in [-0.25, -0.2) is 9.78 Å². The number of ether oxygens (including phenoxy) is 1. The van der Waals surface area contributed by atoms with Crippen LogP contribution in [0.25, 0.3) is 11.0 Å². The van der Waals surface area contributed by atoms with Crippen LogP contribution in [0.15, 0.2) is 23.1 Å². The molecule has 0 radical (unpaired) electrons. The summed E-state index contributed by atoms with van der Waals surface area (Å²) in [5, 5.41) is 17.9. The summed E-state index contributed by atoms with van der Waals surface area (Å²) in [7, 11) is 0. The number of pyridine rings is 2. The quantitative estimate of drug-likeness (QED) is 0.647. The lowest BCUT2D eigenvalue weighted by molar-refractivity contribution is 0.0691. The minimum Gasteiger partial charge on any atom is -0.477 e. The lowest BCUT2D eigenvalue weighted by atomic mass is 9.90. The minimum atomic E-state index is -1.38. The molecule has 0 amide bonds. The molecule has 0 saturated carbocycles. The molecule has 7 nitrogen and oxygen atoms in total. The summed E-state index contributed by atoms with van der Waals surface area (Å²) < 4.78 is 7.11. The SMILES string of the molecule is CCn1c(OC(=N)C(C)(C)CC)c(C(=O)O)c(=O)c2cccnc21. The summed E-state index contributed by atoms with van der Waals surface area (Å²) >= 11 is 0. The number of nitrogens with zero attached hydrogens (tertiary/aromatic N) is 2. The van der Waals surface area contributed by atoms with E-state index in [4.69, 9.17) is 10.1 Å². The van der Waals surface area contributed by atoms with E-state index < -0.39 is 22.4 Å². The fraction of sp³-hybridized carbons (Fsp3) is 0.412. The third-order valence-corrected chi connectivity index (χ3v) is 4.20. The molecule has 0 spiro atoms. The first-order valence-electron chi connectivity index (χ1n) is 7.76. The zero-order valence-electron chi connectivity index (χ0n) is 14.2. The fourth-order valence-electron chi connectivity index (χ4n) is 2.24. The number of carboxylic acids is 1. The summed E-state index contributed by atoms with van der Waals surface area (Å²) in [4.78, 5) is 28.4. The number of carbonyl (C=O) groups is 1. The molecule has 0 saturated heterocycles. The van der Waals surface area contributed by atoms with Crippen molar-refractivity contribution in [3.63, 3.8) is 0 Å². The van der Waals surface area contributed by atoms with Gasteiger partial charge in [-0.1, -0.05) is 20.8 Å². The number of rotatable bonds is 5. The van der Waals surface area contributed by atoms with Gasteiger partial charge in [0, 0.05) is 18.2 Å². The first kappa shape index (κ1) is 17.7. The van der Waals surface area contributed by atoms with Crippen LogP contribution in [0.5, 0.6) is 5.88 Å². The Balaban J connectivity index is 2.80. The highest BCUT2D eigenvalue weighted by Crippen LogP contribution is 2.27. The first-order valence-corrected chi connectivity index (χ1v) is 7.76. The van der Waals surface area contributed by atoms with E-state index in [1.165, 1.54) is 16.8 Å². The molecule has 128 valence electrons. The van der Waals surface area contributed by atoms with E-state index in [-0.39, 0.29) is 17.2 Å². The average molecular weight is 331 g/mol. The number of nitrogens with one attached hydrogen (secondary N) is 1. The Hall–Kier alpha value is -2.70. The van der Waals surface area contributed by atoms with Crippen molar-refractivity contribution in [2.24, 2.45) is 5.41 Å². The normalized spacial score (nSPS) is 11.5. The largest absolute Gasteiger partial charge is 0.477 e. The highest BCUT2D eigenvalue weighted by Gasteiger charge is 2.29. The number of fused-ring (bicyclic) bond motifs is 1. The second kappa shape index (κ2) is 6.43. The first-order chi connectivity index (χ1) is 11.2. The van der Waals surface area contributed by atoms with Gasteiger partial charge < -0.3 is 9.84 Å². The van der Waals surface area contributed by atoms with Crippen LogP contribution in [0.3, 0.4) is 0 Å². The zero-order valence-corrected chi connectivity index (χ0v) is 14.2. The van der Waals surface area contributed by atoms with Crippen LogP contribution in [-0.2, 0) is 6.54 Å². The number of aromatic carboxylic acids is 1. The van der Waals surface area contributed by atoms with E-state index in [0.29, 0.717) is 18.6 Å². The molecular formula is C17H21N3O4. The lowest BCUT2D eigenvalue weighted by Crippen LogP contribution is -2.31. The second-order valence-electron chi connectivity index (χ2n) is 6.10. The van der Waals surface area contributed by atoms with Crippen molar-refractivity contribution in [2.75, 3.05) is 0 Å². The van der Waals surface area contributed by atoms with Crippen LogP contribution in [0.4, 0.5) is 0 Å². The molecule has 0 atom stereocenters. The fourth-order valence-corrected chi connectivity index (χ4v) is 2.24. The van der Waals surface area contributed by atoms with Gasteiger partial charge in [0.25, 0.3) is 0 Å². The van der Waals surface area contributed by atoms with Crippen LogP contribution in [0, 0.1) is 10.8 Å². The van der Waals surface area contributed by atoms with Crippen molar-refractivity contribution in [1.29, 1.82) is 5.41 Å². The molecule has 0 bridgehead atoms. The molecule has 0 unspecified atom stereocenters. The number of aryl methyl sites for hydroxylation is 1. The molecule has 2 aromatic heterocycles. The van der Waals surface area contributed by atoms with Crippen LogP contribution in [0.1, 0.15) is 44.5 Å². The van der Waals surface area contributed by atoms with Crippen molar-refractivity contribution in [3.8, 4) is 5.88 Å². The molecule has 0 aliphatic rings. The molecular weight excluding hydrogens is 310 g/mol. The Bertz CT molecular complexity index is 868. The maximum absolute atomic E-state index is 12.6. The van der Waals surface area contributed by atoms with Gasteiger partial charge in [0.2, 0.25) is 11.3 Å². The van der Waals surface area contributed by atoms with Crippen LogP contribution >= 0.6 is 0 Å². The van der Waals surface area contributed by atoms with Gasteiger partial charge >= 0.3 is 5.97 Å². The molecule has 0 aliphatic carbocycles. The second-order valence-corrected chi connectivity index (χ2v) is 6.10. The Morgan fingerprint density at radius 1 is 1.42 bits per heavy atom. The Kier molecular flexibility index (Phi) is 4.73. The van der Waals surface area contributed by atoms with Crippen molar-refractivity contribution in [3.05, 3.63) is 34.1 Å². The van der Waals surface area contributed by atoms with Gasteiger partial charge in [-0.15, -0.1) is 0 Å². The summed E-state index contributed by atoms with van der Waals surface area (Å²) in [5.41, 5.74) is -1.38. The molecule has 2 N–H and O–H groups in total. The Labute approximate surface area is 139 Å². The van der Waals surface area contributed by atoms with Crippen LogP contribution < -0.4 is 10.2 Å². The van der Waals surface area contributed by atoms with E-state index >= 15 is 0 Å². The maximum Gasteiger partial charge on any atom is 0.345 e. The lowest BCUT2D eigenvalue weighted by Gasteiger charge is -2.25. The molecule has 0 fully saturated rings. The molecule has 2 aromatic rings. The summed E-state index contributed by atoms with van der Waals surface area (Å²) in [6, 6.07) is 3.12. The number of hydrogen-bond acceptors (Lipinski definition) is 5. The highest BCUT2D eigenvalue weighted by atomic mass is 16.5. The standard InChI is InChI=1S/C17H21N3O4/c1-5-17(3,4)16(18)24-14-11(15(22)23)12(21)10-8-7-9-19-13(10)20(14)6-2/h7-9,18H,5-6H2,1-4H3,(H,22,23). The average Bonchev–Trinajstić information content (AvgIpc) is 2.55.